The molecule has 0 heterocycles. The van der Waals surface area contributed by atoms with Crippen molar-refractivity contribution in [1.29, 1.82) is 0 Å². The monoisotopic (exact) mass is 190 g/mol. The zero-order valence-corrected chi connectivity index (χ0v) is 8.25. The second-order valence-electron chi connectivity index (χ2n) is 3.37. The number of aliphatic hydroxyl groups excluding tert-OH is 2. The molecule has 0 aliphatic heterocycles. The molecular weight excluding hydrogens is 172 g/mol. The van der Waals surface area contributed by atoms with Crippen LogP contribution in [0.5, 0.6) is 0 Å². The summed E-state index contributed by atoms with van der Waals surface area (Å²) in [6.45, 7) is 3.03. The second-order valence-corrected chi connectivity index (χ2v) is 3.37. The highest BCUT2D eigenvalue weighted by Crippen LogP contribution is 2.16. The normalized spacial score (nSPS) is 11.4. The molecule has 4 nitrogen and oxygen atoms in total. The van der Waals surface area contributed by atoms with Gasteiger partial charge in [-0.15, -0.1) is 0 Å². The lowest BCUT2D eigenvalue weighted by atomic mass is 9.93. The molecule has 0 unspecified atom stereocenters. The molecule has 0 fully saturated rings. The van der Waals surface area contributed by atoms with Crippen molar-refractivity contribution in [3.05, 3.63) is 0 Å². The van der Waals surface area contributed by atoms with Crippen molar-refractivity contribution in [2.45, 2.75) is 26.7 Å². The molecule has 2 N–H and O–H groups in total. The summed E-state index contributed by atoms with van der Waals surface area (Å²) < 4.78 is 4.87. The Balaban J connectivity index is 3.92. The van der Waals surface area contributed by atoms with Crippen LogP contribution in [0.2, 0.25) is 0 Å². The fraction of sp³-hybridized carbons (Fsp3) is 0.889. The molecule has 0 saturated heterocycles. The van der Waals surface area contributed by atoms with E-state index in [1.54, 1.807) is 0 Å². The lowest BCUT2D eigenvalue weighted by Gasteiger charge is -2.21. The molecule has 13 heavy (non-hydrogen) atoms. The van der Waals surface area contributed by atoms with Crippen LogP contribution in [0.4, 0.5) is 0 Å². The minimum Gasteiger partial charge on any atom is -0.465 e. The van der Waals surface area contributed by atoms with E-state index in [9.17, 15) is 4.79 Å². The molecule has 0 spiro atoms. The number of carbonyl (C=O) groups is 1. The summed E-state index contributed by atoms with van der Waals surface area (Å²) in [7, 11) is 0. The SMILES string of the molecule is CCCCOC(=O)C(C)(CO)CO. The summed E-state index contributed by atoms with van der Waals surface area (Å²) in [5, 5.41) is 17.7. The van der Waals surface area contributed by atoms with E-state index in [2.05, 4.69) is 0 Å². The third-order valence-electron chi connectivity index (χ3n) is 1.92. The van der Waals surface area contributed by atoms with Crippen molar-refractivity contribution in [3.63, 3.8) is 0 Å². The minimum atomic E-state index is -1.16. The van der Waals surface area contributed by atoms with Gasteiger partial charge in [-0.1, -0.05) is 13.3 Å². The van der Waals surface area contributed by atoms with E-state index >= 15 is 0 Å². The molecular formula is C9H18O4. The Morgan fingerprint density at radius 2 is 1.92 bits per heavy atom. The number of hydrogen-bond donors (Lipinski definition) is 2. The Bertz CT molecular complexity index is 152. The Hall–Kier alpha value is -0.610. The lowest BCUT2D eigenvalue weighted by Crippen LogP contribution is -2.37. The standard InChI is InChI=1S/C9H18O4/c1-3-4-5-13-8(12)9(2,6-10)7-11/h10-11H,3-7H2,1-2H3. The summed E-state index contributed by atoms with van der Waals surface area (Å²) >= 11 is 0. The smallest absolute Gasteiger partial charge is 0.316 e. The molecule has 0 aromatic heterocycles. The van der Waals surface area contributed by atoms with Gasteiger partial charge < -0.3 is 14.9 Å². The summed E-state index contributed by atoms with van der Waals surface area (Å²) in [5.74, 6) is -0.536. The van der Waals surface area contributed by atoms with Crippen molar-refractivity contribution >= 4 is 5.97 Å². The average Bonchev–Trinajstić information content (AvgIpc) is 2.17. The zero-order chi connectivity index (χ0) is 10.3. The summed E-state index contributed by atoms with van der Waals surface area (Å²) in [6, 6.07) is 0. The number of aliphatic hydroxyl groups is 2. The molecule has 0 radical (unpaired) electrons. The number of ether oxygens (including phenoxy) is 1. The first-order valence-electron chi connectivity index (χ1n) is 4.49. The third-order valence-corrected chi connectivity index (χ3v) is 1.92. The first-order valence-corrected chi connectivity index (χ1v) is 4.49. The number of unbranched alkanes of at least 4 members (excludes halogenated alkanes) is 1. The molecule has 0 aromatic carbocycles. The Labute approximate surface area is 78.5 Å². The summed E-state index contributed by atoms with van der Waals surface area (Å²) in [6.07, 6.45) is 1.75. The maximum Gasteiger partial charge on any atom is 0.316 e. The predicted octanol–water partition coefficient (Wildman–Crippen LogP) is 0.321. The van der Waals surface area contributed by atoms with Gasteiger partial charge in [0.1, 0.15) is 5.41 Å². The van der Waals surface area contributed by atoms with E-state index in [1.165, 1.54) is 6.92 Å². The highest BCUT2D eigenvalue weighted by molar-refractivity contribution is 5.76. The lowest BCUT2D eigenvalue weighted by molar-refractivity contribution is -0.160. The van der Waals surface area contributed by atoms with Gasteiger partial charge in [-0.2, -0.15) is 0 Å². The summed E-state index contributed by atoms with van der Waals surface area (Å²) in [4.78, 5) is 11.3. The van der Waals surface area contributed by atoms with Crippen LogP contribution < -0.4 is 0 Å². The van der Waals surface area contributed by atoms with Gasteiger partial charge in [0.2, 0.25) is 0 Å². The van der Waals surface area contributed by atoms with E-state index in [-0.39, 0.29) is 0 Å². The average molecular weight is 190 g/mol. The van der Waals surface area contributed by atoms with Gasteiger partial charge in [-0.25, -0.2) is 0 Å². The fourth-order valence-corrected chi connectivity index (χ4v) is 0.663. The highest BCUT2D eigenvalue weighted by Gasteiger charge is 2.33. The van der Waals surface area contributed by atoms with E-state index in [0.717, 1.165) is 12.8 Å². The van der Waals surface area contributed by atoms with Crippen molar-refractivity contribution in [1.82, 2.24) is 0 Å². The first-order chi connectivity index (χ1) is 6.10. The quantitative estimate of drug-likeness (QED) is 0.467. The number of rotatable bonds is 6. The van der Waals surface area contributed by atoms with Gasteiger partial charge in [0, 0.05) is 0 Å². The summed E-state index contributed by atoms with van der Waals surface area (Å²) in [5.41, 5.74) is -1.16. The van der Waals surface area contributed by atoms with Crippen LogP contribution in [0.25, 0.3) is 0 Å². The van der Waals surface area contributed by atoms with Crippen LogP contribution in [0.3, 0.4) is 0 Å². The number of esters is 1. The topological polar surface area (TPSA) is 66.8 Å². The Kier molecular flexibility index (Phi) is 5.66. The molecule has 0 saturated carbocycles. The fourth-order valence-electron chi connectivity index (χ4n) is 0.663. The van der Waals surface area contributed by atoms with Gasteiger partial charge >= 0.3 is 5.97 Å². The molecule has 0 aliphatic rings. The van der Waals surface area contributed by atoms with Crippen LogP contribution in [0.1, 0.15) is 26.7 Å². The van der Waals surface area contributed by atoms with E-state index in [0.29, 0.717) is 6.61 Å². The van der Waals surface area contributed by atoms with E-state index < -0.39 is 24.6 Å². The van der Waals surface area contributed by atoms with E-state index in [1.807, 2.05) is 6.92 Å². The van der Waals surface area contributed by atoms with Crippen molar-refractivity contribution in [2.75, 3.05) is 19.8 Å². The van der Waals surface area contributed by atoms with Gasteiger partial charge in [-0.3, -0.25) is 4.79 Å². The predicted molar refractivity (Wildman–Crippen MR) is 48.1 cm³/mol. The molecule has 0 aromatic rings. The molecule has 0 atom stereocenters. The maximum atomic E-state index is 11.3. The molecule has 4 heteroatoms. The largest absolute Gasteiger partial charge is 0.465 e. The second kappa shape index (κ2) is 5.94. The number of carbonyl (C=O) groups excluding carboxylic acids is 1. The van der Waals surface area contributed by atoms with Crippen LogP contribution in [0, 0.1) is 5.41 Å². The van der Waals surface area contributed by atoms with Gasteiger partial charge in [-0.05, 0) is 13.3 Å². The van der Waals surface area contributed by atoms with E-state index in [4.69, 9.17) is 14.9 Å². The number of hydrogen-bond acceptors (Lipinski definition) is 4. The third kappa shape index (κ3) is 3.74. The van der Waals surface area contributed by atoms with Crippen LogP contribution in [0.15, 0.2) is 0 Å². The molecule has 0 bridgehead atoms. The van der Waals surface area contributed by atoms with Crippen LogP contribution >= 0.6 is 0 Å². The Morgan fingerprint density at radius 1 is 1.38 bits per heavy atom. The van der Waals surface area contributed by atoms with Crippen molar-refractivity contribution in [2.24, 2.45) is 5.41 Å². The highest BCUT2D eigenvalue weighted by atomic mass is 16.5. The zero-order valence-electron chi connectivity index (χ0n) is 8.25. The van der Waals surface area contributed by atoms with Crippen LogP contribution in [-0.2, 0) is 9.53 Å². The molecule has 78 valence electrons. The first kappa shape index (κ1) is 12.4. The van der Waals surface area contributed by atoms with Crippen LogP contribution in [-0.4, -0.2) is 36.0 Å². The molecule has 0 rings (SSSR count). The Morgan fingerprint density at radius 3 is 2.31 bits per heavy atom. The minimum absolute atomic E-state index is 0.352. The van der Waals surface area contributed by atoms with Gasteiger partial charge in [0.05, 0.1) is 19.8 Å². The molecule has 0 aliphatic carbocycles. The maximum absolute atomic E-state index is 11.3. The van der Waals surface area contributed by atoms with Crippen molar-refractivity contribution in [3.8, 4) is 0 Å². The molecule has 0 amide bonds. The van der Waals surface area contributed by atoms with Crippen molar-refractivity contribution < 1.29 is 19.7 Å². The van der Waals surface area contributed by atoms with Gasteiger partial charge in [0.15, 0.2) is 0 Å². The van der Waals surface area contributed by atoms with Gasteiger partial charge in [0.25, 0.3) is 0 Å².